The summed E-state index contributed by atoms with van der Waals surface area (Å²) in [5.41, 5.74) is 0. The van der Waals surface area contributed by atoms with Crippen molar-refractivity contribution >= 4 is 37.7 Å². The van der Waals surface area contributed by atoms with Crippen molar-refractivity contribution in [2.24, 2.45) is 0 Å². The molecule has 1 aromatic heterocycles. The Hall–Kier alpha value is -1.19. The number of sulfonamides is 1. The maximum atomic E-state index is 12.4. The van der Waals surface area contributed by atoms with Gasteiger partial charge in [-0.2, -0.15) is 4.72 Å². The van der Waals surface area contributed by atoms with Crippen LogP contribution in [-0.2, 0) is 14.8 Å². The molecule has 0 aliphatic rings. The summed E-state index contributed by atoms with van der Waals surface area (Å²) < 4.78 is 27.7. The van der Waals surface area contributed by atoms with E-state index in [0.717, 1.165) is 0 Å². The Balaban J connectivity index is 3.07. The maximum Gasteiger partial charge on any atom is 0.244 e. The highest BCUT2D eigenvalue weighted by molar-refractivity contribution is 9.10. The van der Waals surface area contributed by atoms with Gasteiger partial charge in [0.05, 0.1) is 6.04 Å². The third-order valence-electron chi connectivity index (χ3n) is 2.53. The number of aromatic nitrogens is 1. The van der Waals surface area contributed by atoms with Gasteiger partial charge in [-0.25, -0.2) is 13.4 Å². The molecule has 0 saturated heterocycles. The highest BCUT2D eigenvalue weighted by atomic mass is 79.9. The van der Waals surface area contributed by atoms with Crippen LogP contribution in [0.15, 0.2) is 21.6 Å². The van der Waals surface area contributed by atoms with Crippen molar-refractivity contribution < 1.29 is 13.2 Å². The fourth-order valence-corrected chi connectivity index (χ4v) is 3.45. The van der Waals surface area contributed by atoms with Crippen molar-refractivity contribution in [1.82, 2.24) is 15.0 Å². The van der Waals surface area contributed by atoms with E-state index in [-0.39, 0.29) is 16.6 Å². The number of halogens is 1. The number of carbonyl (C=O) groups excluding carboxylic acids is 1. The van der Waals surface area contributed by atoms with Gasteiger partial charge in [0.2, 0.25) is 15.9 Å². The predicted octanol–water partition coefficient (Wildman–Crippen LogP) is 1.08. The first-order chi connectivity index (χ1) is 9.81. The van der Waals surface area contributed by atoms with Crippen LogP contribution in [0.5, 0.6) is 0 Å². The van der Waals surface area contributed by atoms with Crippen LogP contribution in [0.25, 0.3) is 0 Å². The van der Waals surface area contributed by atoms with Crippen LogP contribution in [0.1, 0.15) is 20.8 Å². The molecule has 1 rings (SSSR count). The van der Waals surface area contributed by atoms with E-state index in [4.69, 9.17) is 0 Å². The van der Waals surface area contributed by atoms with E-state index in [1.165, 1.54) is 19.2 Å². The molecule has 0 fully saturated rings. The van der Waals surface area contributed by atoms with Gasteiger partial charge < -0.3 is 10.6 Å². The summed E-state index contributed by atoms with van der Waals surface area (Å²) in [6.45, 7) is 6.06. The number of rotatable bonds is 7. The summed E-state index contributed by atoms with van der Waals surface area (Å²) >= 11 is 3.20. The van der Waals surface area contributed by atoms with Crippen LogP contribution < -0.4 is 15.4 Å². The van der Waals surface area contributed by atoms with E-state index in [0.29, 0.717) is 17.6 Å². The molecule has 118 valence electrons. The Morgan fingerprint density at radius 2 is 2.05 bits per heavy atom. The highest BCUT2D eigenvalue weighted by Crippen LogP contribution is 2.22. The minimum Gasteiger partial charge on any atom is -0.369 e. The summed E-state index contributed by atoms with van der Waals surface area (Å²) in [6.07, 6.45) is 1.50. The lowest BCUT2D eigenvalue weighted by Gasteiger charge is -2.16. The molecule has 1 aromatic rings. The minimum atomic E-state index is -3.86. The number of nitrogens with zero attached hydrogens (tertiary/aromatic N) is 1. The van der Waals surface area contributed by atoms with E-state index in [1.807, 2.05) is 6.92 Å². The summed E-state index contributed by atoms with van der Waals surface area (Å²) in [5.74, 6) is -0.134. The molecule has 1 amide bonds. The summed E-state index contributed by atoms with van der Waals surface area (Å²) in [4.78, 5) is 15.7. The van der Waals surface area contributed by atoms with Gasteiger partial charge in [-0.1, -0.05) is 0 Å². The predicted molar refractivity (Wildman–Crippen MR) is 84.6 cm³/mol. The van der Waals surface area contributed by atoms with Crippen LogP contribution in [0.2, 0.25) is 0 Å². The van der Waals surface area contributed by atoms with Gasteiger partial charge in [0.1, 0.15) is 10.7 Å². The zero-order valence-electron chi connectivity index (χ0n) is 12.1. The number of anilines is 1. The number of hydrogen-bond donors (Lipinski definition) is 3. The van der Waals surface area contributed by atoms with Crippen molar-refractivity contribution in [2.45, 2.75) is 31.7 Å². The second kappa shape index (κ2) is 7.71. The molecule has 0 saturated carbocycles. The molecule has 0 aromatic carbocycles. The second-order valence-electron chi connectivity index (χ2n) is 4.27. The lowest BCUT2D eigenvalue weighted by atomic mass is 10.3. The summed E-state index contributed by atoms with van der Waals surface area (Å²) in [6, 6.07) is 0.570. The number of hydrogen-bond acceptors (Lipinski definition) is 5. The van der Waals surface area contributed by atoms with Gasteiger partial charge in [-0.15, -0.1) is 0 Å². The van der Waals surface area contributed by atoms with Gasteiger partial charge in [-0.05, 0) is 42.8 Å². The van der Waals surface area contributed by atoms with Gasteiger partial charge in [0, 0.05) is 23.8 Å². The molecule has 1 heterocycles. The normalized spacial score (nSPS) is 12.8. The molecule has 3 N–H and O–H groups in total. The van der Waals surface area contributed by atoms with Crippen LogP contribution >= 0.6 is 15.9 Å². The number of nitrogens with one attached hydrogen (secondary N) is 3. The van der Waals surface area contributed by atoms with E-state index in [1.54, 1.807) is 6.92 Å². The topological polar surface area (TPSA) is 100 Å². The van der Waals surface area contributed by atoms with Crippen LogP contribution in [-0.4, -0.2) is 38.4 Å². The molecule has 0 radical (unpaired) electrons. The van der Waals surface area contributed by atoms with Gasteiger partial charge >= 0.3 is 0 Å². The van der Waals surface area contributed by atoms with Crippen LogP contribution in [0.3, 0.4) is 0 Å². The van der Waals surface area contributed by atoms with Crippen molar-refractivity contribution in [3.05, 3.63) is 16.7 Å². The number of pyridine rings is 1. The van der Waals surface area contributed by atoms with Crippen molar-refractivity contribution in [3.63, 3.8) is 0 Å². The Bertz CT molecular complexity index is 607. The zero-order valence-corrected chi connectivity index (χ0v) is 14.5. The lowest BCUT2D eigenvalue weighted by Crippen LogP contribution is -2.44. The van der Waals surface area contributed by atoms with E-state index >= 15 is 0 Å². The molecule has 21 heavy (non-hydrogen) atoms. The fourth-order valence-electron chi connectivity index (χ4n) is 1.60. The monoisotopic (exact) mass is 378 g/mol. The first-order valence-corrected chi connectivity index (χ1v) is 8.78. The Labute approximate surface area is 133 Å². The zero-order chi connectivity index (χ0) is 16.0. The standard InChI is InChI=1S/C12H19BrN4O3S/c1-4-14-11-10(6-9(13)7-16-11)21(19,20)17-8(3)12(18)15-5-2/h6-8,17H,4-5H2,1-3H3,(H,14,16)(H,15,18). The average molecular weight is 379 g/mol. The molecule has 0 aliphatic heterocycles. The molecule has 1 unspecified atom stereocenters. The quantitative estimate of drug-likeness (QED) is 0.658. The Morgan fingerprint density at radius 3 is 2.62 bits per heavy atom. The molecule has 0 aliphatic carbocycles. The third-order valence-corrected chi connectivity index (χ3v) is 4.52. The molecule has 9 heteroatoms. The Kier molecular flexibility index (Phi) is 6.56. The number of likely N-dealkylation sites (N-methyl/N-ethyl adjacent to an activating group) is 1. The van der Waals surface area contributed by atoms with E-state index in [9.17, 15) is 13.2 Å². The molecule has 1 atom stereocenters. The first kappa shape index (κ1) is 17.9. The first-order valence-electron chi connectivity index (χ1n) is 6.51. The van der Waals surface area contributed by atoms with Crippen molar-refractivity contribution in [3.8, 4) is 0 Å². The summed E-state index contributed by atoms with van der Waals surface area (Å²) in [7, 11) is -3.86. The van der Waals surface area contributed by atoms with Crippen molar-refractivity contribution in [1.29, 1.82) is 0 Å². The van der Waals surface area contributed by atoms with E-state index in [2.05, 4.69) is 36.3 Å². The molecule has 0 spiro atoms. The molecule has 7 nitrogen and oxygen atoms in total. The Morgan fingerprint density at radius 1 is 1.38 bits per heavy atom. The SMILES string of the molecule is CCNC(=O)C(C)NS(=O)(=O)c1cc(Br)cnc1NCC. The largest absolute Gasteiger partial charge is 0.369 e. The summed E-state index contributed by atoms with van der Waals surface area (Å²) in [5, 5.41) is 5.45. The average Bonchev–Trinajstić information content (AvgIpc) is 2.40. The maximum absolute atomic E-state index is 12.4. The third kappa shape index (κ3) is 4.94. The smallest absolute Gasteiger partial charge is 0.244 e. The fraction of sp³-hybridized carbons (Fsp3) is 0.500. The number of amides is 1. The number of carbonyl (C=O) groups is 1. The van der Waals surface area contributed by atoms with Crippen LogP contribution in [0, 0.1) is 0 Å². The molecular weight excluding hydrogens is 360 g/mol. The van der Waals surface area contributed by atoms with E-state index < -0.39 is 16.1 Å². The van der Waals surface area contributed by atoms with Crippen molar-refractivity contribution in [2.75, 3.05) is 18.4 Å². The van der Waals surface area contributed by atoms with Gasteiger partial charge in [-0.3, -0.25) is 4.79 Å². The van der Waals surface area contributed by atoms with Gasteiger partial charge in [0.25, 0.3) is 0 Å². The molecular formula is C12H19BrN4O3S. The molecule has 0 bridgehead atoms. The minimum absolute atomic E-state index is 0.00475. The van der Waals surface area contributed by atoms with Crippen LogP contribution in [0.4, 0.5) is 5.82 Å². The lowest BCUT2D eigenvalue weighted by molar-refractivity contribution is -0.122. The highest BCUT2D eigenvalue weighted by Gasteiger charge is 2.25. The van der Waals surface area contributed by atoms with Gasteiger partial charge in [0.15, 0.2) is 0 Å². The second-order valence-corrected chi connectivity index (χ2v) is 6.87.